The number of para-hydroxylation sites is 3. The maximum atomic E-state index is 9.90. The molecule has 0 amide bonds. The van der Waals surface area contributed by atoms with Crippen molar-refractivity contribution < 1.29 is 0 Å². The van der Waals surface area contributed by atoms with Gasteiger partial charge in [-0.05, 0) is 57.1 Å². The molecule has 11 rings (SSSR count). The lowest BCUT2D eigenvalue weighted by Gasteiger charge is -2.35. The first kappa shape index (κ1) is 34.5. The van der Waals surface area contributed by atoms with Gasteiger partial charge in [0.1, 0.15) is 11.7 Å². The van der Waals surface area contributed by atoms with Gasteiger partial charge in [-0.3, -0.25) is 4.57 Å². The molecule has 0 fully saturated rings. The Kier molecular flexibility index (Phi) is 8.21. The first-order valence-electron chi connectivity index (χ1n) is 20.0. The van der Waals surface area contributed by atoms with Gasteiger partial charge in [-0.2, -0.15) is 5.26 Å². The second-order valence-corrected chi connectivity index (χ2v) is 18.9. The third-order valence-corrected chi connectivity index (χ3v) is 16.7. The molecule has 0 radical (unpaired) electrons. The number of nitrogens with one attached hydrogen (secondary N) is 1. The first-order chi connectivity index (χ1) is 29.2. The monoisotopic (exact) mass is 771 g/mol. The molecular formula is C53H37N5Si. The summed E-state index contributed by atoms with van der Waals surface area (Å²) >= 11 is 0. The average Bonchev–Trinajstić information content (AvgIpc) is 3.83. The number of nitriles is 1. The van der Waals surface area contributed by atoms with Crippen LogP contribution in [0.4, 0.5) is 0 Å². The summed E-state index contributed by atoms with van der Waals surface area (Å²) in [6.45, 7) is 0. The van der Waals surface area contributed by atoms with Crippen LogP contribution in [-0.2, 0) is 0 Å². The standard InChI is InChI=1S/C53H37N5Si/c54-36-37-31-32-50-46(33-37)45-27-12-15-30-49(45)58(50)52-35-51(57-47-28-13-10-25-43(47)44-26-11-14-29-48(44)57)55-53(56-52)38-17-16-24-42(34-38)59(39-18-4-1-5-19-39,40-20-6-2-7-21-40)41-22-8-3-9-23-41/h1-35,52H,(H,55,56). The number of fused-ring (bicyclic) bond motifs is 6. The zero-order valence-corrected chi connectivity index (χ0v) is 33.1. The fraction of sp³-hybridized carbons (Fsp3) is 0.0189. The molecular weight excluding hydrogens is 735 g/mol. The van der Waals surface area contributed by atoms with Crippen molar-refractivity contribution in [3.63, 3.8) is 0 Å². The Labute approximate surface area is 343 Å². The van der Waals surface area contributed by atoms with Crippen LogP contribution in [-0.4, -0.2) is 23.0 Å². The minimum absolute atomic E-state index is 0.417. The predicted octanol–water partition coefficient (Wildman–Crippen LogP) is 9.20. The fourth-order valence-electron chi connectivity index (χ4n) is 9.42. The minimum atomic E-state index is -2.82. The van der Waals surface area contributed by atoms with Gasteiger partial charge < -0.3 is 9.88 Å². The summed E-state index contributed by atoms with van der Waals surface area (Å²) in [7, 11) is -2.82. The van der Waals surface area contributed by atoms with Crippen molar-refractivity contribution in [2.75, 3.05) is 0 Å². The Hall–Kier alpha value is -7.72. The molecule has 0 bridgehead atoms. The zero-order chi connectivity index (χ0) is 39.3. The predicted molar refractivity (Wildman–Crippen MR) is 247 cm³/mol. The minimum Gasteiger partial charge on any atom is -0.326 e. The van der Waals surface area contributed by atoms with Crippen molar-refractivity contribution in [3.05, 3.63) is 223 Å². The average molecular weight is 772 g/mol. The number of aromatic nitrogens is 2. The number of nitrogens with zero attached hydrogens (tertiary/aromatic N) is 4. The van der Waals surface area contributed by atoms with Crippen molar-refractivity contribution in [1.82, 2.24) is 14.5 Å². The number of rotatable bonds is 7. The molecule has 0 spiro atoms. The molecule has 6 heteroatoms. The lowest BCUT2D eigenvalue weighted by atomic mass is 10.1. The summed E-state index contributed by atoms with van der Waals surface area (Å²) in [6, 6.07) is 76.2. The van der Waals surface area contributed by atoms with E-state index in [9.17, 15) is 5.26 Å². The number of benzene rings is 8. The highest BCUT2D eigenvalue weighted by Gasteiger charge is 2.41. The number of aliphatic imine (C=N–C) groups is 1. The van der Waals surface area contributed by atoms with Gasteiger partial charge >= 0.3 is 0 Å². The zero-order valence-electron chi connectivity index (χ0n) is 32.1. The topological polar surface area (TPSA) is 58.0 Å². The lowest BCUT2D eigenvalue weighted by Crippen LogP contribution is -2.74. The van der Waals surface area contributed by atoms with Crippen LogP contribution in [0, 0.1) is 11.3 Å². The number of hydrogen-bond donors (Lipinski definition) is 1. The molecule has 1 N–H and O–H groups in total. The van der Waals surface area contributed by atoms with E-state index in [4.69, 9.17) is 4.99 Å². The van der Waals surface area contributed by atoms with Crippen LogP contribution >= 0.6 is 0 Å². The first-order valence-corrected chi connectivity index (χ1v) is 22.0. The van der Waals surface area contributed by atoms with Crippen molar-refractivity contribution in [2.24, 2.45) is 4.99 Å². The molecule has 278 valence electrons. The maximum absolute atomic E-state index is 9.90. The summed E-state index contributed by atoms with van der Waals surface area (Å²) in [5, 5.41) is 23.5. The van der Waals surface area contributed by atoms with Crippen LogP contribution in [0.15, 0.2) is 217 Å². The van der Waals surface area contributed by atoms with E-state index >= 15 is 0 Å². The summed E-state index contributed by atoms with van der Waals surface area (Å²) in [5.41, 5.74) is 5.96. The Bertz CT molecular complexity index is 3170. The summed E-state index contributed by atoms with van der Waals surface area (Å²) in [5.74, 6) is 1.72. The van der Waals surface area contributed by atoms with Crippen molar-refractivity contribution in [3.8, 4) is 6.07 Å². The molecule has 59 heavy (non-hydrogen) atoms. The third kappa shape index (κ3) is 5.48. The van der Waals surface area contributed by atoms with E-state index in [-0.39, 0.29) is 0 Å². The fourth-order valence-corrected chi connectivity index (χ4v) is 14.2. The van der Waals surface area contributed by atoms with Gasteiger partial charge in [0.2, 0.25) is 0 Å². The second kappa shape index (κ2) is 14.0. The van der Waals surface area contributed by atoms with Crippen LogP contribution < -0.4 is 26.1 Å². The van der Waals surface area contributed by atoms with Crippen molar-refractivity contribution >= 4 is 84.1 Å². The largest absolute Gasteiger partial charge is 0.326 e. The molecule has 1 aliphatic rings. The van der Waals surface area contributed by atoms with Gasteiger partial charge in [-0.1, -0.05) is 170 Å². The van der Waals surface area contributed by atoms with Gasteiger partial charge in [0, 0.05) is 33.2 Å². The van der Waals surface area contributed by atoms with E-state index < -0.39 is 14.2 Å². The molecule has 1 aliphatic heterocycles. The van der Waals surface area contributed by atoms with Crippen LogP contribution in [0.25, 0.3) is 49.4 Å². The van der Waals surface area contributed by atoms with E-state index in [0.29, 0.717) is 5.56 Å². The van der Waals surface area contributed by atoms with E-state index in [2.05, 4.69) is 221 Å². The third-order valence-electron chi connectivity index (χ3n) is 11.9. The molecule has 3 heterocycles. The molecule has 5 nitrogen and oxygen atoms in total. The number of hydrogen-bond acceptors (Lipinski definition) is 3. The quantitative estimate of drug-likeness (QED) is 0.130. The Morgan fingerprint density at radius 3 is 1.54 bits per heavy atom. The summed E-state index contributed by atoms with van der Waals surface area (Å²) in [4.78, 5) is 5.63. The SMILES string of the molecule is N#Cc1ccc2c(c1)c1ccccc1n2C1C=C(n2c3ccccc3c3ccccc32)NC(c2cccc([Si](c3ccccc3)(c3ccccc3)c3ccccc3)c2)=N1. The Balaban J connectivity index is 1.18. The van der Waals surface area contributed by atoms with Crippen LogP contribution in [0.1, 0.15) is 17.3 Å². The molecule has 0 saturated heterocycles. The van der Waals surface area contributed by atoms with E-state index in [1.165, 1.54) is 31.5 Å². The molecule has 1 atom stereocenters. The number of amidine groups is 1. The highest BCUT2D eigenvalue weighted by atomic mass is 28.3. The molecule has 10 aromatic rings. The second-order valence-electron chi connectivity index (χ2n) is 15.1. The molecule has 0 aliphatic carbocycles. The highest BCUT2D eigenvalue weighted by molar-refractivity contribution is 7.19. The van der Waals surface area contributed by atoms with Crippen LogP contribution in [0.3, 0.4) is 0 Å². The Morgan fingerprint density at radius 2 is 0.966 bits per heavy atom. The van der Waals surface area contributed by atoms with Crippen LogP contribution in [0.2, 0.25) is 0 Å². The lowest BCUT2D eigenvalue weighted by molar-refractivity contribution is 0.663. The smallest absolute Gasteiger partial charge is 0.179 e. The van der Waals surface area contributed by atoms with Crippen molar-refractivity contribution in [2.45, 2.75) is 6.17 Å². The van der Waals surface area contributed by atoms with E-state index in [1.807, 2.05) is 12.1 Å². The molecule has 8 aromatic carbocycles. The van der Waals surface area contributed by atoms with Gasteiger partial charge in [-0.15, -0.1) is 0 Å². The molecule has 2 aromatic heterocycles. The Morgan fingerprint density at radius 1 is 0.475 bits per heavy atom. The van der Waals surface area contributed by atoms with Gasteiger partial charge in [0.25, 0.3) is 0 Å². The van der Waals surface area contributed by atoms with Gasteiger partial charge in [-0.25, -0.2) is 4.99 Å². The molecule has 0 saturated carbocycles. The summed E-state index contributed by atoms with van der Waals surface area (Å²) < 4.78 is 4.66. The van der Waals surface area contributed by atoms with E-state index in [0.717, 1.165) is 50.1 Å². The maximum Gasteiger partial charge on any atom is 0.179 e. The van der Waals surface area contributed by atoms with Gasteiger partial charge in [0.05, 0.1) is 33.7 Å². The van der Waals surface area contributed by atoms with Gasteiger partial charge in [0.15, 0.2) is 14.2 Å². The molecule has 1 unspecified atom stereocenters. The van der Waals surface area contributed by atoms with Crippen LogP contribution in [0.5, 0.6) is 0 Å². The summed E-state index contributed by atoms with van der Waals surface area (Å²) in [6.07, 6.45) is 1.83. The highest BCUT2D eigenvalue weighted by Crippen LogP contribution is 2.37. The van der Waals surface area contributed by atoms with Crippen molar-refractivity contribution in [1.29, 1.82) is 5.26 Å². The van der Waals surface area contributed by atoms with E-state index in [1.54, 1.807) is 0 Å². The normalized spacial score (nSPS) is 14.3.